The van der Waals surface area contributed by atoms with E-state index < -0.39 is 23.6 Å². The van der Waals surface area contributed by atoms with Crippen molar-refractivity contribution in [3.8, 4) is 0 Å². The average molecular weight is 236 g/mol. The zero-order valence-electron chi connectivity index (χ0n) is 10.5. The summed E-state index contributed by atoms with van der Waals surface area (Å²) >= 11 is 0. The molecule has 0 heterocycles. The van der Waals surface area contributed by atoms with Crippen LogP contribution in [0.15, 0.2) is 0 Å². The zero-order valence-corrected chi connectivity index (χ0v) is 10.5. The van der Waals surface area contributed by atoms with Crippen LogP contribution >= 0.6 is 0 Å². The first-order valence-electron chi connectivity index (χ1n) is 5.58. The maximum atomic E-state index is 10.3. The van der Waals surface area contributed by atoms with E-state index in [1.165, 1.54) is 6.92 Å². The second kappa shape index (κ2) is 5.93. The van der Waals surface area contributed by atoms with Gasteiger partial charge in [-0.3, -0.25) is 0 Å². The Morgan fingerprint density at radius 3 is 2.06 bits per heavy atom. The first-order valence-corrected chi connectivity index (χ1v) is 5.58. The minimum absolute atomic E-state index is 0.0725. The molecule has 16 heavy (non-hydrogen) atoms. The van der Waals surface area contributed by atoms with E-state index in [4.69, 9.17) is 9.84 Å². The molecular formula is C11H24O5. The molecule has 5 nitrogen and oxygen atoms in total. The highest BCUT2D eigenvalue weighted by atomic mass is 16.6. The van der Waals surface area contributed by atoms with Gasteiger partial charge in [0.2, 0.25) is 0 Å². The molecule has 0 saturated heterocycles. The van der Waals surface area contributed by atoms with E-state index in [0.717, 1.165) is 0 Å². The Morgan fingerprint density at radius 2 is 1.75 bits per heavy atom. The maximum Gasteiger partial charge on any atom is 0.157 e. The molecule has 0 bridgehead atoms. The van der Waals surface area contributed by atoms with E-state index in [-0.39, 0.29) is 13.0 Å². The van der Waals surface area contributed by atoms with Crippen molar-refractivity contribution in [2.24, 2.45) is 0 Å². The molecular weight excluding hydrogens is 212 g/mol. The van der Waals surface area contributed by atoms with Gasteiger partial charge in [0.05, 0.1) is 11.7 Å². The number of ether oxygens (including phenoxy) is 1. The third-order valence-electron chi connectivity index (χ3n) is 3.08. The molecule has 0 aliphatic rings. The Balaban J connectivity index is 4.73. The maximum absolute atomic E-state index is 10.3. The van der Waals surface area contributed by atoms with Gasteiger partial charge in [-0.15, -0.1) is 0 Å². The van der Waals surface area contributed by atoms with Crippen LogP contribution in [-0.4, -0.2) is 50.6 Å². The lowest BCUT2D eigenvalue weighted by molar-refractivity contribution is -0.264. The molecule has 3 atom stereocenters. The summed E-state index contributed by atoms with van der Waals surface area (Å²) in [5, 5.41) is 38.0. The van der Waals surface area contributed by atoms with E-state index >= 15 is 0 Å². The van der Waals surface area contributed by atoms with Crippen LogP contribution in [0, 0.1) is 0 Å². The fourth-order valence-electron chi connectivity index (χ4n) is 1.84. The van der Waals surface area contributed by atoms with Crippen LogP contribution in [0.3, 0.4) is 0 Å². The predicted molar refractivity (Wildman–Crippen MR) is 59.8 cm³/mol. The molecule has 0 amide bonds. The molecule has 0 rings (SSSR count). The molecule has 0 aliphatic carbocycles. The predicted octanol–water partition coefficient (Wildman–Crippen LogP) is 0.00430. The van der Waals surface area contributed by atoms with E-state index in [1.807, 2.05) is 0 Å². The second-order valence-electron chi connectivity index (χ2n) is 4.55. The molecule has 3 unspecified atom stereocenters. The molecule has 0 saturated carbocycles. The first-order chi connectivity index (χ1) is 7.21. The summed E-state index contributed by atoms with van der Waals surface area (Å²) in [6.07, 6.45) is -1.77. The van der Waals surface area contributed by atoms with Crippen LogP contribution < -0.4 is 0 Å². The minimum Gasteiger partial charge on any atom is -0.396 e. The lowest BCUT2D eigenvalue weighted by Crippen LogP contribution is -2.59. The Labute approximate surface area is 96.7 Å². The van der Waals surface area contributed by atoms with E-state index in [0.29, 0.717) is 6.42 Å². The van der Waals surface area contributed by atoms with Crippen molar-refractivity contribution in [2.75, 3.05) is 6.61 Å². The summed E-state index contributed by atoms with van der Waals surface area (Å²) in [6.45, 7) is 6.22. The summed E-state index contributed by atoms with van der Waals surface area (Å²) < 4.78 is 5.28. The van der Waals surface area contributed by atoms with Gasteiger partial charge in [-0.1, -0.05) is 6.92 Å². The van der Waals surface area contributed by atoms with Crippen molar-refractivity contribution in [1.82, 2.24) is 0 Å². The summed E-state index contributed by atoms with van der Waals surface area (Å²) in [7, 11) is 0. The van der Waals surface area contributed by atoms with Gasteiger partial charge in [0.1, 0.15) is 5.60 Å². The molecule has 0 fully saturated rings. The van der Waals surface area contributed by atoms with Gasteiger partial charge in [-0.25, -0.2) is 0 Å². The molecule has 4 N–H and O–H groups in total. The molecule has 0 aromatic heterocycles. The molecule has 0 aromatic rings. The van der Waals surface area contributed by atoms with Gasteiger partial charge < -0.3 is 25.2 Å². The Kier molecular flexibility index (Phi) is 5.86. The smallest absolute Gasteiger partial charge is 0.157 e. The summed E-state index contributed by atoms with van der Waals surface area (Å²) in [5.74, 6) is 0. The van der Waals surface area contributed by atoms with E-state index in [1.54, 1.807) is 20.8 Å². The van der Waals surface area contributed by atoms with Crippen LogP contribution in [0.5, 0.6) is 0 Å². The lowest BCUT2D eigenvalue weighted by atomic mass is 9.79. The van der Waals surface area contributed by atoms with Crippen LogP contribution in [0.2, 0.25) is 0 Å². The van der Waals surface area contributed by atoms with Gasteiger partial charge in [0, 0.05) is 13.0 Å². The zero-order chi connectivity index (χ0) is 13.0. The van der Waals surface area contributed by atoms with E-state index in [2.05, 4.69) is 0 Å². The standard InChI is InChI=1S/C11H24O5/c1-5-11(15,8(2)13)10(3,4)16-9(14)6-7-12/h8-9,12-15H,5-7H2,1-4H3. The van der Waals surface area contributed by atoms with Crippen molar-refractivity contribution in [3.05, 3.63) is 0 Å². The van der Waals surface area contributed by atoms with Gasteiger partial charge in [0.25, 0.3) is 0 Å². The van der Waals surface area contributed by atoms with E-state index in [9.17, 15) is 15.3 Å². The molecule has 5 heteroatoms. The number of hydrogen-bond acceptors (Lipinski definition) is 5. The number of rotatable bonds is 7. The monoisotopic (exact) mass is 236 g/mol. The lowest BCUT2D eigenvalue weighted by Gasteiger charge is -2.44. The van der Waals surface area contributed by atoms with Gasteiger partial charge in [0.15, 0.2) is 6.29 Å². The van der Waals surface area contributed by atoms with Crippen molar-refractivity contribution in [1.29, 1.82) is 0 Å². The van der Waals surface area contributed by atoms with Crippen molar-refractivity contribution < 1.29 is 25.2 Å². The van der Waals surface area contributed by atoms with Gasteiger partial charge in [-0.05, 0) is 27.2 Å². The quantitative estimate of drug-likeness (QED) is 0.467. The number of aliphatic hydroxyl groups is 4. The highest BCUT2D eigenvalue weighted by Crippen LogP contribution is 2.33. The normalized spacial score (nSPS) is 20.2. The molecule has 0 aliphatic heterocycles. The van der Waals surface area contributed by atoms with Gasteiger partial charge in [-0.2, -0.15) is 0 Å². The summed E-state index contributed by atoms with van der Waals surface area (Å²) in [5.41, 5.74) is -2.55. The Hall–Kier alpha value is -0.200. The second-order valence-corrected chi connectivity index (χ2v) is 4.55. The molecule has 0 aromatic carbocycles. The number of aliphatic hydroxyl groups excluding tert-OH is 3. The third kappa shape index (κ3) is 3.40. The Bertz CT molecular complexity index is 205. The highest BCUT2D eigenvalue weighted by molar-refractivity contribution is 4.98. The summed E-state index contributed by atoms with van der Waals surface area (Å²) in [6, 6.07) is 0. The van der Waals surface area contributed by atoms with Crippen molar-refractivity contribution >= 4 is 0 Å². The van der Waals surface area contributed by atoms with Crippen LogP contribution in [0.4, 0.5) is 0 Å². The van der Waals surface area contributed by atoms with Gasteiger partial charge >= 0.3 is 0 Å². The van der Waals surface area contributed by atoms with Crippen LogP contribution in [0.25, 0.3) is 0 Å². The van der Waals surface area contributed by atoms with Crippen LogP contribution in [0.1, 0.15) is 40.5 Å². The molecule has 0 spiro atoms. The molecule has 98 valence electrons. The fraction of sp³-hybridized carbons (Fsp3) is 1.00. The van der Waals surface area contributed by atoms with Crippen LogP contribution in [-0.2, 0) is 4.74 Å². The molecule has 0 radical (unpaired) electrons. The first kappa shape index (κ1) is 15.8. The fourth-order valence-corrected chi connectivity index (χ4v) is 1.84. The number of hydrogen-bond donors (Lipinski definition) is 4. The third-order valence-corrected chi connectivity index (χ3v) is 3.08. The largest absolute Gasteiger partial charge is 0.396 e. The van der Waals surface area contributed by atoms with Crippen molar-refractivity contribution in [3.63, 3.8) is 0 Å². The Morgan fingerprint density at radius 1 is 1.25 bits per heavy atom. The highest BCUT2D eigenvalue weighted by Gasteiger charge is 2.47. The SMILES string of the molecule is CCC(O)(C(C)O)C(C)(C)OC(O)CCO. The summed E-state index contributed by atoms with van der Waals surface area (Å²) in [4.78, 5) is 0. The van der Waals surface area contributed by atoms with Crippen molar-refractivity contribution in [2.45, 2.75) is 64.1 Å². The minimum atomic E-state index is -1.44. The average Bonchev–Trinajstić information content (AvgIpc) is 2.15. The topological polar surface area (TPSA) is 90.2 Å².